The molecule has 0 saturated heterocycles. The van der Waals surface area contributed by atoms with Crippen LogP contribution in [0.4, 0.5) is 5.82 Å². The number of nitrogens with one attached hydrogen (secondary N) is 1. The average molecular weight is 326 g/mol. The number of anilines is 1. The van der Waals surface area contributed by atoms with E-state index in [1.165, 1.54) is 11.2 Å². The Morgan fingerprint density at radius 3 is 2.78 bits per heavy atom. The van der Waals surface area contributed by atoms with Gasteiger partial charge in [-0.2, -0.15) is 0 Å². The van der Waals surface area contributed by atoms with E-state index in [1.54, 1.807) is 11.3 Å². The fourth-order valence-electron chi connectivity index (χ4n) is 2.40. The third-order valence-corrected chi connectivity index (χ3v) is 4.79. The van der Waals surface area contributed by atoms with Crippen molar-refractivity contribution in [3.05, 3.63) is 53.2 Å². The first kappa shape index (κ1) is 15.4. The molecule has 2 heterocycles. The lowest BCUT2D eigenvalue weighted by atomic mass is 10.1. The van der Waals surface area contributed by atoms with Crippen molar-refractivity contribution in [2.45, 2.75) is 25.8 Å². The van der Waals surface area contributed by atoms with Gasteiger partial charge in [0.05, 0.1) is 17.4 Å². The molecule has 1 aromatic carbocycles. The molecule has 1 atom stereocenters. The standard InChI is InChI=1S/C17H17N3O2S/c1-2-12-9-13-15(18-10-19-16(13)23-12)20-14(17(21)22)8-11-6-4-3-5-7-11/h3-7,9-10,14H,2,8H2,1H3,(H,21,22)(H,18,19,20)/p-1/t14-/m0/s1. The first-order valence-corrected chi connectivity index (χ1v) is 8.23. The van der Waals surface area contributed by atoms with Crippen LogP contribution in [0.5, 0.6) is 0 Å². The second kappa shape index (κ2) is 6.75. The van der Waals surface area contributed by atoms with Crippen molar-refractivity contribution >= 4 is 33.3 Å². The second-order valence-electron chi connectivity index (χ2n) is 5.21. The van der Waals surface area contributed by atoms with Gasteiger partial charge in [0, 0.05) is 4.88 Å². The molecule has 0 aliphatic carbocycles. The fourth-order valence-corrected chi connectivity index (χ4v) is 3.34. The number of thiophene rings is 1. The van der Waals surface area contributed by atoms with Gasteiger partial charge < -0.3 is 15.2 Å². The van der Waals surface area contributed by atoms with E-state index in [2.05, 4.69) is 22.2 Å². The summed E-state index contributed by atoms with van der Waals surface area (Å²) in [5.41, 5.74) is 0.930. The first-order chi connectivity index (χ1) is 11.2. The maximum atomic E-state index is 11.5. The number of benzene rings is 1. The fraction of sp³-hybridized carbons (Fsp3) is 0.235. The van der Waals surface area contributed by atoms with E-state index in [1.807, 2.05) is 36.4 Å². The number of fused-ring (bicyclic) bond motifs is 1. The smallest absolute Gasteiger partial charge is 0.138 e. The van der Waals surface area contributed by atoms with Crippen LogP contribution >= 0.6 is 11.3 Å². The highest BCUT2D eigenvalue weighted by molar-refractivity contribution is 7.18. The number of hydrogen-bond acceptors (Lipinski definition) is 6. The Hall–Kier alpha value is -2.47. The average Bonchev–Trinajstić information content (AvgIpc) is 2.99. The summed E-state index contributed by atoms with van der Waals surface area (Å²) in [6.07, 6.45) is 2.70. The molecule has 0 fully saturated rings. The maximum Gasteiger partial charge on any atom is 0.138 e. The molecule has 0 saturated carbocycles. The summed E-state index contributed by atoms with van der Waals surface area (Å²) in [5, 5.41) is 15.3. The summed E-state index contributed by atoms with van der Waals surface area (Å²) in [5.74, 6) is -0.609. The van der Waals surface area contributed by atoms with Crippen LogP contribution in [-0.2, 0) is 17.6 Å². The monoisotopic (exact) mass is 326 g/mol. The minimum Gasteiger partial charge on any atom is -0.548 e. The Morgan fingerprint density at radius 2 is 2.09 bits per heavy atom. The lowest BCUT2D eigenvalue weighted by molar-refractivity contribution is -0.306. The SMILES string of the molecule is CCc1cc2c(N[C@@H](Cc3ccccc3)C(=O)[O-])ncnc2s1. The van der Waals surface area contributed by atoms with Gasteiger partial charge in [-0.3, -0.25) is 0 Å². The van der Waals surface area contributed by atoms with Crippen LogP contribution in [-0.4, -0.2) is 22.0 Å². The Kier molecular flexibility index (Phi) is 4.52. The number of nitrogens with zero attached hydrogens (tertiary/aromatic N) is 2. The zero-order valence-electron chi connectivity index (χ0n) is 12.7. The second-order valence-corrected chi connectivity index (χ2v) is 6.33. The Bertz CT molecular complexity index is 817. The lowest BCUT2D eigenvalue weighted by Crippen LogP contribution is -2.42. The van der Waals surface area contributed by atoms with Crippen molar-refractivity contribution in [2.24, 2.45) is 0 Å². The molecule has 3 aromatic rings. The number of rotatable bonds is 6. The summed E-state index contributed by atoms with van der Waals surface area (Å²) < 4.78 is 0. The largest absolute Gasteiger partial charge is 0.548 e. The van der Waals surface area contributed by atoms with Gasteiger partial charge in [-0.15, -0.1) is 11.3 Å². The molecule has 0 unspecified atom stereocenters. The van der Waals surface area contributed by atoms with Crippen molar-refractivity contribution in [1.29, 1.82) is 0 Å². The number of hydrogen-bond donors (Lipinski definition) is 1. The zero-order valence-corrected chi connectivity index (χ0v) is 13.5. The van der Waals surface area contributed by atoms with E-state index in [0.29, 0.717) is 12.2 Å². The number of carbonyl (C=O) groups is 1. The molecule has 23 heavy (non-hydrogen) atoms. The molecule has 5 nitrogen and oxygen atoms in total. The van der Waals surface area contributed by atoms with Crippen molar-refractivity contribution < 1.29 is 9.90 Å². The number of carbonyl (C=O) groups excluding carboxylic acids is 1. The van der Waals surface area contributed by atoms with Crippen LogP contribution in [0.3, 0.4) is 0 Å². The Morgan fingerprint density at radius 1 is 1.30 bits per heavy atom. The van der Waals surface area contributed by atoms with Crippen LogP contribution in [0, 0.1) is 0 Å². The van der Waals surface area contributed by atoms with Crippen LogP contribution in [0.15, 0.2) is 42.7 Å². The molecule has 3 rings (SSSR count). The molecule has 0 aliphatic heterocycles. The van der Waals surface area contributed by atoms with Crippen molar-refractivity contribution in [3.63, 3.8) is 0 Å². The van der Waals surface area contributed by atoms with Gasteiger partial charge in [-0.25, -0.2) is 9.97 Å². The van der Waals surface area contributed by atoms with Crippen molar-refractivity contribution in [1.82, 2.24) is 9.97 Å². The number of aliphatic carboxylic acids is 1. The van der Waals surface area contributed by atoms with Crippen LogP contribution in [0.1, 0.15) is 17.4 Å². The molecular formula is C17H16N3O2S-. The molecule has 0 aliphatic rings. The van der Waals surface area contributed by atoms with E-state index in [0.717, 1.165) is 22.2 Å². The highest BCUT2D eigenvalue weighted by Gasteiger charge is 2.15. The maximum absolute atomic E-state index is 11.5. The summed E-state index contributed by atoms with van der Waals surface area (Å²) in [7, 11) is 0. The predicted octanol–water partition coefficient (Wildman–Crippen LogP) is 2.03. The van der Waals surface area contributed by atoms with Gasteiger partial charge in [-0.05, 0) is 24.5 Å². The topological polar surface area (TPSA) is 77.9 Å². The van der Waals surface area contributed by atoms with E-state index in [4.69, 9.17) is 0 Å². The predicted molar refractivity (Wildman–Crippen MR) is 89.4 cm³/mol. The third-order valence-electron chi connectivity index (χ3n) is 3.61. The van der Waals surface area contributed by atoms with Gasteiger partial charge in [0.1, 0.15) is 17.0 Å². The van der Waals surface area contributed by atoms with Gasteiger partial charge in [0.25, 0.3) is 0 Å². The van der Waals surface area contributed by atoms with Gasteiger partial charge in [0.2, 0.25) is 0 Å². The first-order valence-electron chi connectivity index (χ1n) is 7.42. The van der Waals surface area contributed by atoms with E-state index in [9.17, 15) is 9.90 Å². The molecule has 1 N–H and O–H groups in total. The van der Waals surface area contributed by atoms with E-state index in [-0.39, 0.29) is 0 Å². The summed E-state index contributed by atoms with van der Waals surface area (Å²) in [6, 6.07) is 10.6. The summed E-state index contributed by atoms with van der Waals surface area (Å²) in [4.78, 5) is 22.0. The third kappa shape index (κ3) is 3.48. The van der Waals surface area contributed by atoms with Gasteiger partial charge in [-0.1, -0.05) is 37.3 Å². The van der Waals surface area contributed by atoms with Crippen LogP contribution in [0.25, 0.3) is 10.2 Å². The normalized spacial score (nSPS) is 12.2. The Balaban J connectivity index is 1.88. The van der Waals surface area contributed by atoms with Gasteiger partial charge >= 0.3 is 0 Å². The quantitative estimate of drug-likeness (QED) is 0.750. The summed E-state index contributed by atoms with van der Waals surface area (Å²) >= 11 is 1.60. The summed E-state index contributed by atoms with van der Waals surface area (Å²) in [6.45, 7) is 2.07. The molecule has 0 bridgehead atoms. The van der Waals surface area contributed by atoms with Gasteiger partial charge in [0.15, 0.2) is 0 Å². The minimum absolute atomic E-state index is 0.333. The van der Waals surface area contributed by atoms with Crippen LogP contribution < -0.4 is 10.4 Å². The molecule has 0 radical (unpaired) electrons. The molecular weight excluding hydrogens is 310 g/mol. The Labute approximate surface area is 138 Å². The highest BCUT2D eigenvalue weighted by atomic mass is 32.1. The molecule has 2 aromatic heterocycles. The molecule has 0 spiro atoms. The zero-order chi connectivity index (χ0) is 16.2. The van der Waals surface area contributed by atoms with Crippen molar-refractivity contribution in [2.75, 3.05) is 5.32 Å². The van der Waals surface area contributed by atoms with Crippen LogP contribution in [0.2, 0.25) is 0 Å². The number of carboxylic acid groups (broad SMARTS) is 1. The number of carboxylic acids is 1. The number of aromatic nitrogens is 2. The minimum atomic E-state index is -1.15. The van der Waals surface area contributed by atoms with E-state index < -0.39 is 12.0 Å². The highest BCUT2D eigenvalue weighted by Crippen LogP contribution is 2.28. The van der Waals surface area contributed by atoms with E-state index >= 15 is 0 Å². The number of aryl methyl sites for hydroxylation is 1. The molecule has 0 amide bonds. The molecule has 118 valence electrons. The van der Waals surface area contributed by atoms with Crippen molar-refractivity contribution in [3.8, 4) is 0 Å². The molecule has 6 heteroatoms. The lowest BCUT2D eigenvalue weighted by Gasteiger charge is -2.20.